The summed E-state index contributed by atoms with van der Waals surface area (Å²) in [6.45, 7) is 0.732. The lowest BCUT2D eigenvalue weighted by atomic mass is 9.96. The number of hydrogen-bond acceptors (Lipinski definition) is 2. The van der Waals surface area contributed by atoms with E-state index in [1.807, 2.05) is 24.5 Å². The largest absolute Gasteiger partial charge is 0.370 e. The van der Waals surface area contributed by atoms with E-state index in [4.69, 9.17) is 5.73 Å². The van der Waals surface area contributed by atoms with Gasteiger partial charge in [0.1, 0.15) is 0 Å². The van der Waals surface area contributed by atoms with E-state index in [0.717, 1.165) is 13.0 Å². The first-order valence-electron chi connectivity index (χ1n) is 6.80. The molecule has 18 heavy (non-hydrogen) atoms. The van der Waals surface area contributed by atoms with E-state index >= 15 is 0 Å². The van der Waals surface area contributed by atoms with Crippen molar-refractivity contribution in [2.45, 2.75) is 44.6 Å². The number of aliphatic imine (C=N–C) groups is 1. The molecule has 98 valence electrons. The first kappa shape index (κ1) is 12.9. The number of nitrogens with zero attached hydrogens (tertiary/aromatic N) is 2. The zero-order valence-electron chi connectivity index (χ0n) is 10.8. The molecule has 1 saturated carbocycles. The summed E-state index contributed by atoms with van der Waals surface area (Å²) in [4.78, 5) is 8.37. The topological polar surface area (TPSA) is 63.3 Å². The highest BCUT2D eigenvalue weighted by molar-refractivity contribution is 5.78. The molecule has 1 heterocycles. The standard InChI is InChI=1S/C14H22N4/c15-14(18-13-4-2-1-3-5-13)17-11-8-12-6-9-16-10-7-12/h6-7,9-10,13H,1-5,8,11H2,(H3,15,17,18). The Morgan fingerprint density at radius 2 is 2.00 bits per heavy atom. The minimum absolute atomic E-state index is 0.531. The Morgan fingerprint density at radius 1 is 1.28 bits per heavy atom. The van der Waals surface area contributed by atoms with Crippen LogP contribution in [0.15, 0.2) is 29.5 Å². The molecule has 0 radical (unpaired) electrons. The highest BCUT2D eigenvalue weighted by atomic mass is 15.1. The number of pyridine rings is 1. The lowest BCUT2D eigenvalue weighted by Crippen LogP contribution is -2.41. The minimum Gasteiger partial charge on any atom is -0.370 e. The highest BCUT2D eigenvalue weighted by Gasteiger charge is 2.12. The lowest BCUT2D eigenvalue weighted by molar-refractivity contribution is 0.412. The molecule has 0 spiro atoms. The van der Waals surface area contributed by atoms with E-state index in [-0.39, 0.29) is 0 Å². The Hall–Kier alpha value is -1.58. The van der Waals surface area contributed by atoms with Crippen LogP contribution in [0.1, 0.15) is 37.7 Å². The van der Waals surface area contributed by atoms with Crippen molar-refractivity contribution in [2.24, 2.45) is 10.7 Å². The number of nitrogens with two attached hydrogens (primary N) is 1. The number of hydrogen-bond donors (Lipinski definition) is 2. The van der Waals surface area contributed by atoms with Crippen LogP contribution in [0.25, 0.3) is 0 Å². The average Bonchev–Trinajstić information content (AvgIpc) is 2.41. The molecule has 1 aliphatic rings. The monoisotopic (exact) mass is 246 g/mol. The second-order valence-corrected chi connectivity index (χ2v) is 4.85. The van der Waals surface area contributed by atoms with Crippen molar-refractivity contribution < 1.29 is 0 Å². The second-order valence-electron chi connectivity index (χ2n) is 4.85. The predicted octanol–water partition coefficient (Wildman–Crippen LogP) is 1.86. The van der Waals surface area contributed by atoms with E-state index < -0.39 is 0 Å². The van der Waals surface area contributed by atoms with Gasteiger partial charge in [0, 0.05) is 25.0 Å². The fourth-order valence-electron chi connectivity index (χ4n) is 2.36. The summed E-state index contributed by atoms with van der Waals surface area (Å²) in [6, 6.07) is 4.56. The zero-order valence-corrected chi connectivity index (χ0v) is 10.8. The van der Waals surface area contributed by atoms with E-state index in [0.29, 0.717) is 12.0 Å². The molecule has 0 aliphatic heterocycles. The maximum Gasteiger partial charge on any atom is 0.188 e. The summed E-state index contributed by atoms with van der Waals surface area (Å²) in [5.41, 5.74) is 7.14. The smallest absolute Gasteiger partial charge is 0.188 e. The van der Waals surface area contributed by atoms with Crippen LogP contribution < -0.4 is 11.1 Å². The van der Waals surface area contributed by atoms with Crippen LogP contribution in [0.5, 0.6) is 0 Å². The van der Waals surface area contributed by atoms with E-state index in [9.17, 15) is 0 Å². The summed E-state index contributed by atoms with van der Waals surface area (Å²) in [5, 5.41) is 3.32. The molecular weight excluding hydrogens is 224 g/mol. The third-order valence-electron chi connectivity index (χ3n) is 3.39. The Morgan fingerprint density at radius 3 is 2.72 bits per heavy atom. The number of rotatable bonds is 4. The summed E-state index contributed by atoms with van der Waals surface area (Å²) in [6.07, 6.45) is 10.9. The second kappa shape index (κ2) is 6.99. The molecule has 1 fully saturated rings. The van der Waals surface area contributed by atoms with Crippen LogP contribution in [0.4, 0.5) is 0 Å². The van der Waals surface area contributed by atoms with Gasteiger partial charge in [0.15, 0.2) is 5.96 Å². The fraction of sp³-hybridized carbons (Fsp3) is 0.571. The Balaban J connectivity index is 1.71. The molecule has 4 nitrogen and oxygen atoms in total. The van der Waals surface area contributed by atoms with Gasteiger partial charge in [-0.05, 0) is 37.0 Å². The van der Waals surface area contributed by atoms with Gasteiger partial charge in [0.2, 0.25) is 0 Å². The maximum atomic E-state index is 5.90. The molecule has 0 atom stereocenters. The fourth-order valence-corrected chi connectivity index (χ4v) is 2.36. The van der Waals surface area contributed by atoms with Crippen molar-refractivity contribution in [1.82, 2.24) is 10.3 Å². The number of guanidine groups is 1. The zero-order chi connectivity index (χ0) is 12.6. The molecule has 0 amide bonds. The van der Waals surface area contributed by atoms with E-state index in [1.54, 1.807) is 0 Å². The normalized spacial score (nSPS) is 17.7. The van der Waals surface area contributed by atoms with Crippen molar-refractivity contribution in [3.8, 4) is 0 Å². The van der Waals surface area contributed by atoms with Crippen LogP contribution in [-0.4, -0.2) is 23.5 Å². The third-order valence-corrected chi connectivity index (χ3v) is 3.39. The number of nitrogens with one attached hydrogen (secondary N) is 1. The van der Waals surface area contributed by atoms with Gasteiger partial charge in [-0.1, -0.05) is 19.3 Å². The molecular formula is C14H22N4. The molecule has 1 aromatic rings. The molecule has 0 aromatic carbocycles. The van der Waals surface area contributed by atoms with Crippen LogP contribution in [-0.2, 0) is 6.42 Å². The molecule has 2 rings (SSSR count). The molecule has 0 saturated heterocycles. The third kappa shape index (κ3) is 4.35. The van der Waals surface area contributed by atoms with Gasteiger partial charge in [0.05, 0.1) is 0 Å². The van der Waals surface area contributed by atoms with E-state index in [2.05, 4.69) is 15.3 Å². The maximum absolute atomic E-state index is 5.90. The Labute approximate surface area is 109 Å². The highest BCUT2D eigenvalue weighted by Crippen LogP contribution is 2.16. The van der Waals surface area contributed by atoms with Crippen LogP contribution in [0.3, 0.4) is 0 Å². The van der Waals surface area contributed by atoms with Gasteiger partial charge in [-0.3, -0.25) is 9.98 Å². The van der Waals surface area contributed by atoms with Crippen molar-refractivity contribution >= 4 is 5.96 Å². The van der Waals surface area contributed by atoms with Crippen molar-refractivity contribution in [3.05, 3.63) is 30.1 Å². The summed E-state index contributed by atoms with van der Waals surface area (Å²) >= 11 is 0. The molecule has 3 N–H and O–H groups in total. The SMILES string of the molecule is NC(=NCCc1ccncc1)NC1CCCCC1. The van der Waals surface area contributed by atoms with Crippen LogP contribution >= 0.6 is 0 Å². The first-order valence-corrected chi connectivity index (χ1v) is 6.80. The summed E-state index contributed by atoms with van der Waals surface area (Å²) in [7, 11) is 0. The van der Waals surface area contributed by atoms with Crippen LogP contribution in [0, 0.1) is 0 Å². The minimum atomic E-state index is 0.531. The Bertz CT molecular complexity index is 369. The average molecular weight is 246 g/mol. The van der Waals surface area contributed by atoms with Crippen molar-refractivity contribution in [3.63, 3.8) is 0 Å². The summed E-state index contributed by atoms with van der Waals surface area (Å²) in [5.74, 6) is 0.593. The van der Waals surface area contributed by atoms with Gasteiger partial charge in [-0.15, -0.1) is 0 Å². The van der Waals surface area contributed by atoms with Gasteiger partial charge >= 0.3 is 0 Å². The number of aromatic nitrogens is 1. The van der Waals surface area contributed by atoms with Crippen molar-refractivity contribution in [1.29, 1.82) is 0 Å². The predicted molar refractivity (Wildman–Crippen MR) is 74.4 cm³/mol. The Kier molecular flexibility index (Phi) is 5.00. The molecule has 4 heteroatoms. The van der Waals surface area contributed by atoms with Gasteiger partial charge in [-0.25, -0.2) is 0 Å². The van der Waals surface area contributed by atoms with Gasteiger partial charge in [0.25, 0.3) is 0 Å². The van der Waals surface area contributed by atoms with E-state index in [1.165, 1.54) is 37.7 Å². The quantitative estimate of drug-likeness (QED) is 0.629. The van der Waals surface area contributed by atoms with Gasteiger partial charge < -0.3 is 11.1 Å². The van der Waals surface area contributed by atoms with Gasteiger partial charge in [-0.2, -0.15) is 0 Å². The molecule has 1 aliphatic carbocycles. The van der Waals surface area contributed by atoms with Crippen molar-refractivity contribution in [2.75, 3.05) is 6.54 Å². The molecule has 0 bridgehead atoms. The van der Waals surface area contributed by atoms with Crippen LogP contribution in [0.2, 0.25) is 0 Å². The molecule has 0 unspecified atom stereocenters. The lowest BCUT2D eigenvalue weighted by Gasteiger charge is -2.23. The molecule has 1 aromatic heterocycles. The summed E-state index contributed by atoms with van der Waals surface area (Å²) < 4.78 is 0. The first-order chi connectivity index (χ1) is 8.84.